The first-order valence-corrected chi connectivity index (χ1v) is 6.47. The molecule has 0 fully saturated rings. The molecule has 0 saturated carbocycles. The molecule has 1 rings (SSSR count). The summed E-state index contributed by atoms with van der Waals surface area (Å²) < 4.78 is 5.02. The van der Waals surface area contributed by atoms with Crippen molar-refractivity contribution < 1.29 is 30.0 Å². The number of ether oxygens (including phenoxy) is 1. The van der Waals surface area contributed by atoms with E-state index in [4.69, 9.17) is 20.7 Å². The summed E-state index contributed by atoms with van der Waals surface area (Å²) >= 11 is 0. The molecule has 3 unspecified atom stereocenters. The zero-order chi connectivity index (χ0) is 16.0. The molecule has 1 aromatic carbocycles. The number of carbonyl (C=O) groups is 1. The summed E-state index contributed by atoms with van der Waals surface area (Å²) in [4.78, 5) is 11.0. The smallest absolute Gasteiger partial charge is 0.328 e. The maximum Gasteiger partial charge on any atom is 0.328 e. The van der Waals surface area contributed by atoms with E-state index in [1.165, 1.54) is 0 Å². The minimum absolute atomic E-state index is 0.111. The number of aryl methyl sites for hydroxylation is 1. The predicted octanol–water partition coefficient (Wildman–Crippen LogP) is -0.876. The lowest BCUT2D eigenvalue weighted by Crippen LogP contribution is -2.63. The van der Waals surface area contributed by atoms with Crippen molar-refractivity contribution in [2.75, 3.05) is 13.7 Å². The molecule has 0 aliphatic carbocycles. The average molecular weight is 299 g/mol. The number of aliphatic hydroxyl groups excluding tert-OH is 3. The van der Waals surface area contributed by atoms with E-state index in [9.17, 15) is 15.0 Å². The van der Waals surface area contributed by atoms with Crippen LogP contribution in [0.15, 0.2) is 24.3 Å². The normalized spacial score (nSPS) is 16.8. The van der Waals surface area contributed by atoms with Crippen molar-refractivity contribution in [1.82, 2.24) is 0 Å². The minimum atomic E-state index is -2.28. The standard InChI is InChI=1S/C14H21NO6/c1-21-10-5-2-9(3-6-10)4-7-11(17)12(18)14(15,8-16)13(19)20/h2-3,5-6,11-12,16-18H,4,7-8,15H2,1H3,(H,19,20). The van der Waals surface area contributed by atoms with Crippen molar-refractivity contribution in [2.45, 2.75) is 30.6 Å². The predicted molar refractivity (Wildman–Crippen MR) is 75.0 cm³/mol. The summed E-state index contributed by atoms with van der Waals surface area (Å²) in [5.74, 6) is -0.868. The molecule has 7 heteroatoms. The van der Waals surface area contributed by atoms with Gasteiger partial charge in [-0.2, -0.15) is 0 Å². The van der Waals surface area contributed by atoms with E-state index >= 15 is 0 Å². The number of aliphatic carboxylic acids is 1. The van der Waals surface area contributed by atoms with Crippen LogP contribution >= 0.6 is 0 Å². The highest BCUT2D eigenvalue weighted by molar-refractivity contribution is 5.79. The zero-order valence-electron chi connectivity index (χ0n) is 11.8. The van der Waals surface area contributed by atoms with Gasteiger partial charge < -0.3 is 30.9 Å². The van der Waals surface area contributed by atoms with Crippen molar-refractivity contribution >= 4 is 5.97 Å². The Morgan fingerprint density at radius 3 is 2.33 bits per heavy atom. The Balaban J connectivity index is 2.63. The molecule has 3 atom stereocenters. The molecule has 0 saturated heterocycles. The van der Waals surface area contributed by atoms with Gasteiger partial charge >= 0.3 is 5.97 Å². The molecule has 0 bridgehead atoms. The number of rotatable bonds is 8. The fourth-order valence-electron chi connectivity index (χ4n) is 1.90. The monoisotopic (exact) mass is 299 g/mol. The third-order valence-electron chi connectivity index (χ3n) is 3.44. The van der Waals surface area contributed by atoms with Crippen molar-refractivity contribution in [3.63, 3.8) is 0 Å². The van der Waals surface area contributed by atoms with E-state index < -0.39 is 30.3 Å². The number of hydrogen-bond acceptors (Lipinski definition) is 6. The first-order chi connectivity index (χ1) is 9.85. The van der Waals surface area contributed by atoms with E-state index in [1.54, 1.807) is 31.4 Å². The number of carboxylic acids is 1. The zero-order valence-corrected chi connectivity index (χ0v) is 11.8. The third kappa shape index (κ3) is 4.15. The number of nitrogens with two attached hydrogens (primary N) is 1. The Labute approximate surface area is 122 Å². The molecule has 0 aliphatic rings. The number of methoxy groups -OCH3 is 1. The van der Waals surface area contributed by atoms with Crippen LogP contribution in [0.3, 0.4) is 0 Å². The Morgan fingerprint density at radius 1 is 1.33 bits per heavy atom. The second-order valence-electron chi connectivity index (χ2n) is 4.90. The van der Waals surface area contributed by atoms with Gasteiger partial charge in [0.05, 0.1) is 19.8 Å². The topological polar surface area (TPSA) is 133 Å². The largest absolute Gasteiger partial charge is 0.497 e. The second kappa shape index (κ2) is 7.37. The fourth-order valence-corrected chi connectivity index (χ4v) is 1.90. The summed E-state index contributed by atoms with van der Waals surface area (Å²) in [5.41, 5.74) is 4.03. The fraction of sp³-hybridized carbons (Fsp3) is 0.500. The highest BCUT2D eigenvalue weighted by Crippen LogP contribution is 2.17. The first kappa shape index (κ1) is 17.4. The Morgan fingerprint density at radius 2 is 1.90 bits per heavy atom. The molecule has 0 aliphatic heterocycles. The molecular weight excluding hydrogens is 278 g/mol. The Hall–Kier alpha value is -1.67. The highest BCUT2D eigenvalue weighted by atomic mass is 16.5. The van der Waals surface area contributed by atoms with Crippen LogP contribution in [-0.2, 0) is 11.2 Å². The number of benzene rings is 1. The number of carboxylic acid groups (broad SMARTS) is 1. The number of aliphatic hydroxyl groups is 3. The maximum atomic E-state index is 11.0. The van der Waals surface area contributed by atoms with Gasteiger partial charge in [0.2, 0.25) is 0 Å². The van der Waals surface area contributed by atoms with Crippen LogP contribution in [0.2, 0.25) is 0 Å². The van der Waals surface area contributed by atoms with Crippen LogP contribution < -0.4 is 10.5 Å². The lowest BCUT2D eigenvalue weighted by Gasteiger charge is -2.31. The molecule has 0 amide bonds. The van der Waals surface area contributed by atoms with Gasteiger partial charge in [0.15, 0.2) is 5.54 Å². The molecule has 1 aromatic rings. The molecular formula is C14H21NO6. The van der Waals surface area contributed by atoms with Crippen molar-refractivity contribution in [2.24, 2.45) is 5.73 Å². The summed E-state index contributed by atoms with van der Waals surface area (Å²) in [6, 6.07) is 7.13. The molecule has 0 heterocycles. The molecule has 0 radical (unpaired) electrons. The molecule has 0 aromatic heterocycles. The quantitative estimate of drug-likeness (QED) is 0.421. The second-order valence-corrected chi connectivity index (χ2v) is 4.90. The lowest BCUT2D eigenvalue weighted by atomic mass is 9.88. The van der Waals surface area contributed by atoms with Crippen LogP contribution in [-0.4, -0.2) is 57.9 Å². The summed E-state index contributed by atoms with van der Waals surface area (Å²) in [6.45, 7) is -0.969. The van der Waals surface area contributed by atoms with Gasteiger partial charge in [-0.3, -0.25) is 4.79 Å². The van der Waals surface area contributed by atoms with Gasteiger partial charge in [-0.15, -0.1) is 0 Å². The van der Waals surface area contributed by atoms with E-state index in [-0.39, 0.29) is 6.42 Å². The summed E-state index contributed by atoms with van der Waals surface area (Å²) in [5, 5.41) is 37.6. The van der Waals surface area contributed by atoms with E-state index in [0.29, 0.717) is 12.2 Å². The van der Waals surface area contributed by atoms with Crippen LogP contribution in [0, 0.1) is 0 Å². The van der Waals surface area contributed by atoms with Crippen molar-refractivity contribution in [3.8, 4) is 5.75 Å². The Bertz CT molecular complexity index is 463. The number of hydrogen-bond donors (Lipinski definition) is 5. The van der Waals surface area contributed by atoms with Crippen LogP contribution in [0.25, 0.3) is 0 Å². The average Bonchev–Trinajstić information content (AvgIpc) is 2.51. The molecule has 0 spiro atoms. The van der Waals surface area contributed by atoms with Crippen molar-refractivity contribution in [3.05, 3.63) is 29.8 Å². The van der Waals surface area contributed by atoms with Gasteiger partial charge in [-0.1, -0.05) is 12.1 Å². The van der Waals surface area contributed by atoms with Crippen LogP contribution in [0.1, 0.15) is 12.0 Å². The molecule has 6 N–H and O–H groups in total. The maximum absolute atomic E-state index is 11.0. The van der Waals surface area contributed by atoms with Gasteiger partial charge in [0.25, 0.3) is 0 Å². The molecule has 21 heavy (non-hydrogen) atoms. The highest BCUT2D eigenvalue weighted by Gasteiger charge is 2.44. The van der Waals surface area contributed by atoms with Crippen LogP contribution in [0.4, 0.5) is 0 Å². The van der Waals surface area contributed by atoms with Gasteiger partial charge in [0.1, 0.15) is 11.9 Å². The van der Waals surface area contributed by atoms with Gasteiger partial charge in [0, 0.05) is 0 Å². The van der Waals surface area contributed by atoms with E-state index in [0.717, 1.165) is 5.56 Å². The Kier molecular flexibility index (Phi) is 6.10. The summed E-state index contributed by atoms with van der Waals surface area (Å²) in [6.07, 6.45) is -2.60. The summed E-state index contributed by atoms with van der Waals surface area (Å²) in [7, 11) is 1.55. The van der Waals surface area contributed by atoms with Gasteiger partial charge in [-0.25, -0.2) is 0 Å². The van der Waals surface area contributed by atoms with Crippen molar-refractivity contribution in [1.29, 1.82) is 0 Å². The van der Waals surface area contributed by atoms with Crippen LogP contribution in [0.5, 0.6) is 5.75 Å². The lowest BCUT2D eigenvalue weighted by molar-refractivity contribution is -0.155. The third-order valence-corrected chi connectivity index (χ3v) is 3.44. The van der Waals surface area contributed by atoms with E-state index in [2.05, 4.69) is 0 Å². The minimum Gasteiger partial charge on any atom is -0.497 e. The van der Waals surface area contributed by atoms with E-state index in [1.807, 2.05) is 0 Å². The van der Waals surface area contributed by atoms with Gasteiger partial charge in [-0.05, 0) is 30.5 Å². The molecule has 7 nitrogen and oxygen atoms in total. The SMILES string of the molecule is COc1ccc(CCC(O)C(O)C(N)(CO)C(=O)O)cc1. The molecule has 118 valence electrons. The first-order valence-electron chi connectivity index (χ1n) is 6.47.